The molecule has 2 aromatic heterocycles. The average Bonchev–Trinajstić information content (AvgIpc) is 3.30. The molecule has 8 heteroatoms. The standard InChI is InChI=1S/C18H22N4O3S/c1-18(17(24)25)6-3-7-21(10-18)16(23)13-4-2-8-22(13)14-12-5-9-26-15(12)20-11-19-14/h5,9,11,13H,2-4,6-8,10H2,1H3,(H,24,25). The normalized spacial score (nSPS) is 26.4. The third-order valence-electron chi connectivity index (χ3n) is 5.58. The Labute approximate surface area is 155 Å². The van der Waals surface area contributed by atoms with E-state index in [0.29, 0.717) is 13.0 Å². The minimum atomic E-state index is -0.854. The van der Waals surface area contributed by atoms with E-state index in [9.17, 15) is 14.7 Å². The lowest BCUT2D eigenvalue weighted by Crippen LogP contribution is -2.53. The first-order valence-electron chi connectivity index (χ1n) is 8.97. The summed E-state index contributed by atoms with van der Waals surface area (Å²) in [4.78, 5) is 38.3. The molecule has 2 aliphatic heterocycles. The number of likely N-dealkylation sites (tertiary alicyclic amines) is 1. The smallest absolute Gasteiger partial charge is 0.311 e. The summed E-state index contributed by atoms with van der Waals surface area (Å²) in [7, 11) is 0. The molecule has 7 nitrogen and oxygen atoms in total. The maximum atomic E-state index is 13.2. The van der Waals surface area contributed by atoms with Gasteiger partial charge in [0.1, 0.15) is 23.0 Å². The van der Waals surface area contributed by atoms with Crippen LogP contribution in [0.2, 0.25) is 0 Å². The number of nitrogens with zero attached hydrogens (tertiary/aromatic N) is 4. The molecule has 2 saturated heterocycles. The Kier molecular flexibility index (Phi) is 4.30. The Morgan fingerprint density at radius 1 is 1.31 bits per heavy atom. The maximum absolute atomic E-state index is 13.2. The maximum Gasteiger partial charge on any atom is 0.311 e. The number of carbonyl (C=O) groups excluding carboxylic acids is 1. The molecule has 0 saturated carbocycles. The second kappa shape index (κ2) is 6.50. The van der Waals surface area contributed by atoms with Crippen molar-refractivity contribution in [3.63, 3.8) is 0 Å². The quantitative estimate of drug-likeness (QED) is 0.888. The highest BCUT2D eigenvalue weighted by atomic mass is 32.1. The Morgan fingerprint density at radius 2 is 2.15 bits per heavy atom. The predicted molar refractivity (Wildman–Crippen MR) is 99.3 cm³/mol. The highest BCUT2D eigenvalue weighted by Crippen LogP contribution is 2.34. The fraction of sp³-hybridized carbons (Fsp3) is 0.556. The molecule has 0 bridgehead atoms. The first kappa shape index (κ1) is 17.2. The van der Waals surface area contributed by atoms with E-state index in [-0.39, 0.29) is 18.5 Å². The van der Waals surface area contributed by atoms with E-state index >= 15 is 0 Å². The lowest BCUT2D eigenvalue weighted by molar-refractivity contribution is -0.153. The zero-order chi connectivity index (χ0) is 18.3. The van der Waals surface area contributed by atoms with E-state index < -0.39 is 11.4 Å². The zero-order valence-electron chi connectivity index (χ0n) is 14.7. The summed E-state index contributed by atoms with van der Waals surface area (Å²) in [5.74, 6) is 0.0100. The Hall–Kier alpha value is -2.22. The van der Waals surface area contributed by atoms with Crippen LogP contribution in [0.5, 0.6) is 0 Å². The number of hydrogen-bond acceptors (Lipinski definition) is 6. The highest BCUT2D eigenvalue weighted by Gasteiger charge is 2.42. The van der Waals surface area contributed by atoms with Gasteiger partial charge in [0.25, 0.3) is 0 Å². The third kappa shape index (κ3) is 2.82. The number of carboxylic acids is 1. The topological polar surface area (TPSA) is 86.6 Å². The van der Waals surface area contributed by atoms with Crippen LogP contribution < -0.4 is 4.90 Å². The molecule has 2 aliphatic rings. The summed E-state index contributed by atoms with van der Waals surface area (Å²) < 4.78 is 0. The molecular formula is C18H22N4O3S. The minimum absolute atomic E-state index is 0.0247. The van der Waals surface area contributed by atoms with E-state index in [1.807, 2.05) is 11.4 Å². The van der Waals surface area contributed by atoms with Gasteiger partial charge in [-0.05, 0) is 44.1 Å². The number of fused-ring (bicyclic) bond motifs is 1. The molecular weight excluding hydrogens is 352 g/mol. The van der Waals surface area contributed by atoms with Crippen LogP contribution in [0, 0.1) is 5.41 Å². The van der Waals surface area contributed by atoms with Gasteiger partial charge in [-0.15, -0.1) is 11.3 Å². The molecule has 0 radical (unpaired) electrons. The van der Waals surface area contributed by atoms with Crippen molar-refractivity contribution >= 4 is 39.2 Å². The largest absolute Gasteiger partial charge is 0.481 e. The minimum Gasteiger partial charge on any atom is -0.481 e. The van der Waals surface area contributed by atoms with Crippen LogP contribution >= 0.6 is 11.3 Å². The van der Waals surface area contributed by atoms with Gasteiger partial charge in [0.2, 0.25) is 5.91 Å². The molecule has 0 aromatic carbocycles. The molecule has 138 valence electrons. The number of hydrogen-bond donors (Lipinski definition) is 1. The van der Waals surface area contributed by atoms with Crippen molar-refractivity contribution < 1.29 is 14.7 Å². The number of piperidine rings is 1. The molecule has 2 atom stereocenters. The molecule has 1 amide bonds. The van der Waals surface area contributed by atoms with Gasteiger partial charge in [-0.25, -0.2) is 9.97 Å². The summed E-state index contributed by atoms with van der Waals surface area (Å²) in [6.07, 6.45) is 4.59. The van der Waals surface area contributed by atoms with Crippen LogP contribution in [-0.2, 0) is 9.59 Å². The number of carbonyl (C=O) groups is 2. The molecule has 2 fully saturated rings. The molecule has 0 aliphatic carbocycles. The molecule has 26 heavy (non-hydrogen) atoms. The van der Waals surface area contributed by atoms with Crippen molar-refractivity contribution in [3.8, 4) is 0 Å². The van der Waals surface area contributed by atoms with E-state index in [4.69, 9.17) is 0 Å². The number of amides is 1. The van der Waals surface area contributed by atoms with E-state index in [0.717, 1.165) is 41.8 Å². The number of anilines is 1. The first-order chi connectivity index (χ1) is 12.5. The zero-order valence-corrected chi connectivity index (χ0v) is 15.5. The van der Waals surface area contributed by atoms with Crippen molar-refractivity contribution in [3.05, 3.63) is 17.8 Å². The van der Waals surface area contributed by atoms with Crippen molar-refractivity contribution in [2.75, 3.05) is 24.5 Å². The van der Waals surface area contributed by atoms with Crippen LogP contribution in [0.4, 0.5) is 5.82 Å². The monoisotopic (exact) mass is 374 g/mol. The number of aromatic nitrogens is 2. The number of carboxylic acid groups (broad SMARTS) is 1. The summed E-state index contributed by atoms with van der Waals surface area (Å²) in [5, 5.41) is 12.5. The average molecular weight is 374 g/mol. The van der Waals surface area contributed by atoms with Crippen molar-refractivity contribution in [2.45, 2.75) is 38.6 Å². The number of rotatable bonds is 3. The van der Waals surface area contributed by atoms with Crippen molar-refractivity contribution in [2.24, 2.45) is 5.41 Å². The van der Waals surface area contributed by atoms with Crippen LogP contribution in [0.25, 0.3) is 10.2 Å². The summed E-state index contributed by atoms with van der Waals surface area (Å²) in [5.41, 5.74) is -0.854. The molecule has 4 rings (SSSR count). The van der Waals surface area contributed by atoms with Crippen LogP contribution in [0.15, 0.2) is 17.8 Å². The van der Waals surface area contributed by atoms with Crippen LogP contribution in [-0.4, -0.2) is 57.5 Å². The first-order valence-corrected chi connectivity index (χ1v) is 9.85. The van der Waals surface area contributed by atoms with Crippen molar-refractivity contribution in [1.29, 1.82) is 0 Å². The fourth-order valence-corrected chi connectivity index (χ4v) is 4.82. The van der Waals surface area contributed by atoms with Gasteiger partial charge in [-0.1, -0.05) is 0 Å². The van der Waals surface area contributed by atoms with Crippen LogP contribution in [0.3, 0.4) is 0 Å². The Balaban J connectivity index is 1.59. The molecule has 4 heterocycles. The predicted octanol–water partition coefficient (Wildman–Crippen LogP) is 2.37. The SMILES string of the molecule is CC1(C(=O)O)CCCN(C(=O)C2CCCN2c2ncnc3sccc23)C1. The molecule has 2 unspecified atom stereocenters. The second-order valence-electron chi connectivity index (χ2n) is 7.42. The van der Waals surface area contributed by atoms with Gasteiger partial charge < -0.3 is 14.9 Å². The van der Waals surface area contributed by atoms with Crippen LogP contribution in [0.1, 0.15) is 32.6 Å². The molecule has 1 N–H and O–H groups in total. The van der Waals surface area contributed by atoms with Gasteiger partial charge in [0.05, 0.1) is 10.8 Å². The van der Waals surface area contributed by atoms with Crippen molar-refractivity contribution in [1.82, 2.24) is 14.9 Å². The van der Waals surface area contributed by atoms with Gasteiger partial charge in [-0.2, -0.15) is 0 Å². The van der Waals surface area contributed by atoms with E-state index in [1.54, 1.807) is 29.5 Å². The Morgan fingerprint density at radius 3 is 2.96 bits per heavy atom. The summed E-state index contributed by atoms with van der Waals surface area (Å²) in [6, 6.07) is 1.72. The van der Waals surface area contributed by atoms with E-state index in [2.05, 4.69) is 14.9 Å². The summed E-state index contributed by atoms with van der Waals surface area (Å²) >= 11 is 1.56. The lowest BCUT2D eigenvalue weighted by Gasteiger charge is -2.39. The van der Waals surface area contributed by atoms with Gasteiger partial charge in [0, 0.05) is 19.6 Å². The summed E-state index contributed by atoms with van der Waals surface area (Å²) in [6.45, 7) is 3.43. The van der Waals surface area contributed by atoms with Gasteiger partial charge in [0.15, 0.2) is 0 Å². The highest BCUT2D eigenvalue weighted by molar-refractivity contribution is 7.16. The third-order valence-corrected chi connectivity index (χ3v) is 6.40. The van der Waals surface area contributed by atoms with Gasteiger partial charge in [-0.3, -0.25) is 9.59 Å². The molecule has 0 spiro atoms. The molecule has 2 aromatic rings. The number of thiophene rings is 1. The lowest BCUT2D eigenvalue weighted by atomic mass is 9.82. The van der Waals surface area contributed by atoms with Gasteiger partial charge >= 0.3 is 5.97 Å². The second-order valence-corrected chi connectivity index (χ2v) is 8.31. The van der Waals surface area contributed by atoms with E-state index in [1.165, 1.54) is 0 Å². The Bertz CT molecular complexity index is 854. The number of aliphatic carboxylic acids is 1. The fourth-order valence-electron chi connectivity index (χ4n) is 4.10.